The molecule has 9 heteroatoms. The number of phenols is 1. The zero-order valence-corrected chi connectivity index (χ0v) is 17.7. The SMILES string of the molecule is COc1cc(C2CC(=O)N(c3ccccc3[N+](=O)[O-])C3=C2C(=O)CCC3)cc(OC)c1O. The predicted molar refractivity (Wildman–Crippen MR) is 115 cm³/mol. The van der Waals surface area contributed by atoms with Crippen LogP contribution in [0.2, 0.25) is 0 Å². The molecule has 2 aromatic carbocycles. The first-order chi connectivity index (χ1) is 15.4. The molecule has 1 heterocycles. The van der Waals surface area contributed by atoms with Crippen molar-refractivity contribution in [2.45, 2.75) is 31.6 Å². The van der Waals surface area contributed by atoms with E-state index in [1.54, 1.807) is 18.2 Å². The Morgan fingerprint density at radius 2 is 1.75 bits per heavy atom. The number of nitro benzene ring substituents is 1. The van der Waals surface area contributed by atoms with Crippen LogP contribution in [-0.2, 0) is 9.59 Å². The van der Waals surface area contributed by atoms with Crippen molar-refractivity contribution in [2.75, 3.05) is 19.1 Å². The third-order valence-electron chi connectivity index (χ3n) is 5.90. The van der Waals surface area contributed by atoms with Gasteiger partial charge in [0, 0.05) is 36.1 Å². The second kappa shape index (κ2) is 8.33. The third-order valence-corrected chi connectivity index (χ3v) is 5.90. The molecule has 1 unspecified atom stereocenters. The highest BCUT2D eigenvalue weighted by Gasteiger charge is 2.41. The van der Waals surface area contributed by atoms with E-state index in [0.717, 1.165) is 0 Å². The van der Waals surface area contributed by atoms with E-state index in [4.69, 9.17) is 9.47 Å². The number of Topliss-reactive ketones (excluding diaryl/α,β-unsaturated/α-hetero) is 1. The third kappa shape index (κ3) is 3.45. The summed E-state index contributed by atoms with van der Waals surface area (Å²) in [4.78, 5) is 38.8. The summed E-state index contributed by atoms with van der Waals surface area (Å²) in [5.41, 5.74) is 1.50. The quantitative estimate of drug-likeness (QED) is 0.556. The molecule has 0 spiro atoms. The molecule has 0 bridgehead atoms. The summed E-state index contributed by atoms with van der Waals surface area (Å²) in [5.74, 6) is -0.863. The van der Waals surface area contributed by atoms with Crippen molar-refractivity contribution in [3.8, 4) is 17.2 Å². The zero-order chi connectivity index (χ0) is 23.0. The first kappa shape index (κ1) is 21.4. The van der Waals surface area contributed by atoms with Gasteiger partial charge in [-0.15, -0.1) is 0 Å². The summed E-state index contributed by atoms with van der Waals surface area (Å²) in [5, 5.41) is 21.8. The predicted octanol–water partition coefficient (Wildman–Crippen LogP) is 3.85. The van der Waals surface area contributed by atoms with Crippen molar-refractivity contribution in [2.24, 2.45) is 0 Å². The van der Waals surface area contributed by atoms with Gasteiger partial charge in [0.05, 0.1) is 19.1 Å². The number of benzene rings is 2. The number of nitrogens with zero attached hydrogens (tertiary/aromatic N) is 2. The summed E-state index contributed by atoms with van der Waals surface area (Å²) in [6.45, 7) is 0. The Hall–Kier alpha value is -3.88. The van der Waals surface area contributed by atoms with Crippen LogP contribution in [-0.4, -0.2) is 35.9 Å². The molecule has 2 aromatic rings. The van der Waals surface area contributed by atoms with Gasteiger partial charge in [0.1, 0.15) is 5.69 Å². The minimum Gasteiger partial charge on any atom is -0.502 e. The molecular formula is C23H22N2O7. The lowest BCUT2D eigenvalue weighted by atomic mass is 9.77. The average Bonchev–Trinajstić information content (AvgIpc) is 2.79. The fraction of sp³-hybridized carbons (Fsp3) is 0.304. The fourth-order valence-electron chi connectivity index (χ4n) is 4.48. The Kier molecular flexibility index (Phi) is 5.56. The lowest BCUT2D eigenvalue weighted by molar-refractivity contribution is -0.384. The molecule has 0 radical (unpaired) electrons. The van der Waals surface area contributed by atoms with Gasteiger partial charge in [-0.1, -0.05) is 12.1 Å². The number of methoxy groups -OCH3 is 2. The van der Waals surface area contributed by atoms with E-state index in [1.165, 1.54) is 37.3 Å². The van der Waals surface area contributed by atoms with E-state index in [1.807, 2.05) is 0 Å². The molecule has 32 heavy (non-hydrogen) atoms. The highest BCUT2D eigenvalue weighted by molar-refractivity contribution is 6.08. The van der Waals surface area contributed by atoms with Gasteiger partial charge in [-0.05, 0) is 36.6 Å². The van der Waals surface area contributed by atoms with Crippen LogP contribution in [0, 0.1) is 10.1 Å². The van der Waals surface area contributed by atoms with Crippen molar-refractivity contribution >= 4 is 23.1 Å². The zero-order valence-electron chi connectivity index (χ0n) is 17.7. The minimum atomic E-state index is -0.576. The van der Waals surface area contributed by atoms with Crippen LogP contribution in [0.4, 0.5) is 11.4 Å². The highest BCUT2D eigenvalue weighted by atomic mass is 16.6. The maximum absolute atomic E-state index is 13.3. The minimum absolute atomic E-state index is 0.0618. The molecule has 1 amide bonds. The number of nitro groups is 1. The number of rotatable bonds is 5. The summed E-state index contributed by atoms with van der Waals surface area (Å²) in [7, 11) is 2.80. The number of phenolic OH excluding ortho intramolecular Hbond substituents is 1. The molecule has 9 nitrogen and oxygen atoms in total. The topological polar surface area (TPSA) is 119 Å². The van der Waals surface area contributed by atoms with E-state index >= 15 is 0 Å². The van der Waals surface area contributed by atoms with Gasteiger partial charge in [0.2, 0.25) is 11.7 Å². The highest BCUT2D eigenvalue weighted by Crippen LogP contribution is 2.48. The van der Waals surface area contributed by atoms with Gasteiger partial charge >= 0.3 is 0 Å². The van der Waals surface area contributed by atoms with E-state index in [2.05, 4.69) is 0 Å². The lowest BCUT2D eigenvalue weighted by Crippen LogP contribution is -2.40. The van der Waals surface area contributed by atoms with E-state index < -0.39 is 10.8 Å². The van der Waals surface area contributed by atoms with Crippen LogP contribution < -0.4 is 14.4 Å². The number of aromatic hydroxyl groups is 1. The number of para-hydroxylation sites is 2. The molecule has 1 atom stereocenters. The molecule has 0 saturated heterocycles. The Balaban J connectivity index is 1.91. The molecule has 1 aliphatic heterocycles. The molecule has 166 valence electrons. The first-order valence-corrected chi connectivity index (χ1v) is 10.1. The van der Waals surface area contributed by atoms with Crippen LogP contribution >= 0.6 is 0 Å². The van der Waals surface area contributed by atoms with Crippen LogP contribution in [0.5, 0.6) is 17.2 Å². The fourth-order valence-corrected chi connectivity index (χ4v) is 4.48. The summed E-state index contributed by atoms with van der Waals surface area (Å²) < 4.78 is 10.5. The van der Waals surface area contributed by atoms with Gasteiger partial charge < -0.3 is 14.6 Å². The number of amides is 1. The van der Waals surface area contributed by atoms with Gasteiger partial charge in [-0.2, -0.15) is 0 Å². The van der Waals surface area contributed by atoms with E-state index in [0.29, 0.717) is 36.1 Å². The van der Waals surface area contributed by atoms with Crippen LogP contribution in [0.3, 0.4) is 0 Å². The Labute approximate surface area is 184 Å². The van der Waals surface area contributed by atoms with Crippen molar-refractivity contribution in [3.05, 3.63) is 63.3 Å². The van der Waals surface area contributed by atoms with Crippen LogP contribution in [0.15, 0.2) is 47.7 Å². The normalized spacial score (nSPS) is 18.4. The Morgan fingerprint density at radius 1 is 1.09 bits per heavy atom. The average molecular weight is 438 g/mol. The van der Waals surface area contributed by atoms with E-state index in [9.17, 15) is 24.8 Å². The molecule has 4 rings (SSSR count). The molecule has 1 N–H and O–H groups in total. The number of carbonyl (C=O) groups is 2. The van der Waals surface area contributed by atoms with Crippen molar-refractivity contribution in [1.82, 2.24) is 0 Å². The van der Waals surface area contributed by atoms with Gasteiger partial charge in [0.15, 0.2) is 17.3 Å². The maximum Gasteiger partial charge on any atom is 0.293 e. The first-order valence-electron chi connectivity index (χ1n) is 10.1. The monoisotopic (exact) mass is 438 g/mol. The van der Waals surface area contributed by atoms with Crippen LogP contribution in [0.25, 0.3) is 0 Å². The second-order valence-electron chi connectivity index (χ2n) is 7.64. The number of hydrogen-bond acceptors (Lipinski definition) is 7. The maximum atomic E-state index is 13.3. The van der Waals surface area contributed by atoms with Crippen molar-refractivity contribution in [1.29, 1.82) is 0 Å². The summed E-state index contributed by atoms with van der Waals surface area (Å²) >= 11 is 0. The Morgan fingerprint density at radius 3 is 2.38 bits per heavy atom. The Bertz CT molecular complexity index is 1130. The molecule has 0 fully saturated rings. The second-order valence-corrected chi connectivity index (χ2v) is 7.64. The smallest absolute Gasteiger partial charge is 0.293 e. The van der Waals surface area contributed by atoms with Crippen molar-refractivity contribution in [3.63, 3.8) is 0 Å². The largest absolute Gasteiger partial charge is 0.502 e. The molecule has 1 aliphatic carbocycles. The number of carbonyl (C=O) groups excluding carboxylic acids is 2. The molecular weight excluding hydrogens is 416 g/mol. The summed E-state index contributed by atoms with van der Waals surface area (Å²) in [6, 6.07) is 9.20. The van der Waals surface area contributed by atoms with Gasteiger partial charge in [0.25, 0.3) is 5.69 Å². The van der Waals surface area contributed by atoms with Gasteiger partial charge in [-0.25, -0.2) is 0 Å². The number of anilines is 1. The standard InChI is InChI=1S/C23H22N2O7/c1-31-19-10-13(11-20(32-2)23(19)28)14-12-21(27)24(17-8-5-9-18(26)22(14)17)15-6-3-4-7-16(15)25(29)30/h3-4,6-7,10-11,14,28H,5,8-9,12H2,1-2H3. The number of hydrogen-bond donors (Lipinski definition) is 1. The lowest BCUT2D eigenvalue weighted by Gasteiger charge is -2.38. The van der Waals surface area contributed by atoms with E-state index in [-0.39, 0.29) is 46.7 Å². The van der Waals surface area contributed by atoms with Gasteiger partial charge in [-0.3, -0.25) is 24.6 Å². The number of ether oxygens (including phenoxy) is 2. The molecule has 0 saturated carbocycles. The molecule has 0 aromatic heterocycles. The number of ketones is 1. The van der Waals surface area contributed by atoms with Crippen molar-refractivity contribution < 1.29 is 29.1 Å². The molecule has 2 aliphatic rings. The summed E-state index contributed by atoms with van der Waals surface area (Å²) in [6.07, 6.45) is 1.27. The van der Waals surface area contributed by atoms with Crippen LogP contribution in [0.1, 0.15) is 37.2 Å². The number of allylic oxidation sites excluding steroid dienone is 2.